The molecule has 0 radical (unpaired) electrons. The number of aliphatic carboxylic acids is 1. The predicted molar refractivity (Wildman–Crippen MR) is 79.7 cm³/mol. The Kier molecular flexibility index (Phi) is 4.59. The van der Waals surface area contributed by atoms with Crippen molar-refractivity contribution in [2.45, 2.75) is 12.5 Å². The molecule has 110 valence electrons. The van der Waals surface area contributed by atoms with Gasteiger partial charge in [0.15, 0.2) is 0 Å². The van der Waals surface area contributed by atoms with Crippen LogP contribution in [0.4, 0.5) is 5.69 Å². The number of halogens is 1. The fourth-order valence-corrected chi connectivity index (χ4v) is 2.31. The van der Waals surface area contributed by atoms with E-state index in [1.807, 2.05) is 0 Å². The summed E-state index contributed by atoms with van der Waals surface area (Å²) in [6.45, 7) is 0. The number of hydrogen-bond acceptors (Lipinski definition) is 4. The fourth-order valence-electron chi connectivity index (χ4n) is 1.80. The van der Waals surface area contributed by atoms with E-state index < -0.39 is 17.9 Å². The van der Waals surface area contributed by atoms with Crippen LogP contribution in [-0.2, 0) is 11.2 Å². The summed E-state index contributed by atoms with van der Waals surface area (Å²) in [5, 5.41) is 11.7. The molecule has 1 aromatic carbocycles. The van der Waals surface area contributed by atoms with Gasteiger partial charge < -0.3 is 21.1 Å². The zero-order chi connectivity index (χ0) is 15.4. The van der Waals surface area contributed by atoms with Gasteiger partial charge in [-0.3, -0.25) is 4.79 Å². The van der Waals surface area contributed by atoms with E-state index in [2.05, 4.69) is 31.2 Å². The van der Waals surface area contributed by atoms with Crippen molar-refractivity contribution in [3.63, 3.8) is 0 Å². The van der Waals surface area contributed by atoms with Crippen LogP contribution in [0.3, 0.4) is 0 Å². The highest BCUT2D eigenvalue weighted by Gasteiger charge is 2.22. The molecule has 1 amide bonds. The molecule has 0 aliphatic heterocycles. The van der Waals surface area contributed by atoms with E-state index >= 15 is 0 Å². The Morgan fingerprint density at radius 1 is 1.43 bits per heavy atom. The first-order chi connectivity index (χ1) is 9.95. The lowest BCUT2D eigenvalue weighted by Gasteiger charge is -2.14. The second-order valence-electron chi connectivity index (χ2n) is 4.42. The standard InChI is InChI=1S/C13H13BrN4O3/c14-8-1-7(2-9(15)3-8)12(19)18-11(13(20)21)4-10-5-16-6-17-10/h1-3,5-6,11H,4,15H2,(H,16,17)(H,18,19)(H,20,21)/t11-/m1/s1. The van der Waals surface area contributed by atoms with Crippen molar-refractivity contribution in [3.8, 4) is 0 Å². The lowest BCUT2D eigenvalue weighted by Crippen LogP contribution is -2.42. The molecule has 0 fully saturated rings. The summed E-state index contributed by atoms with van der Waals surface area (Å²) < 4.78 is 0.646. The smallest absolute Gasteiger partial charge is 0.326 e. The number of nitrogens with one attached hydrogen (secondary N) is 2. The van der Waals surface area contributed by atoms with E-state index in [1.165, 1.54) is 18.6 Å². The van der Waals surface area contributed by atoms with E-state index in [4.69, 9.17) is 5.73 Å². The van der Waals surface area contributed by atoms with Gasteiger partial charge in [0.25, 0.3) is 5.91 Å². The molecule has 5 N–H and O–H groups in total. The summed E-state index contributed by atoms with van der Waals surface area (Å²) in [4.78, 5) is 30.0. The third-order valence-corrected chi connectivity index (χ3v) is 3.22. The average molecular weight is 353 g/mol. The summed E-state index contributed by atoms with van der Waals surface area (Å²) in [7, 11) is 0. The maximum Gasteiger partial charge on any atom is 0.326 e. The van der Waals surface area contributed by atoms with Crippen LogP contribution in [0.2, 0.25) is 0 Å². The van der Waals surface area contributed by atoms with Crippen LogP contribution in [0.5, 0.6) is 0 Å². The van der Waals surface area contributed by atoms with Crippen molar-refractivity contribution in [3.05, 3.63) is 46.5 Å². The topological polar surface area (TPSA) is 121 Å². The van der Waals surface area contributed by atoms with Crippen LogP contribution >= 0.6 is 15.9 Å². The predicted octanol–water partition coefficient (Wildman–Crippen LogP) is 1.18. The number of benzene rings is 1. The highest BCUT2D eigenvalue weighted by Crippen LogP contribution is 2.17. The largest absolute Gasteiger partial charge is 0.480 e. The molecule has 7 nitrogen and oxygen atoms in total. The van der Waals surface area contributed by atoms with Crippen LogP contribution in [-0.4, -0.2) is 33.0 Å². The number of nitrogens with zero attached hydrogens (tertiary/aromatic N) is 1. The van der Waals surface area contributed by atoms with Crippen LogP contribution in [0, 0.1) is 0 Å². The molecule has 0 saturated heterocycles. The summed E-state index contributed by atoms with van der Waals surface area (Å²) in [6.07, 6.45) is 3.08. The zero-order valence-corrected chi connectivity index (χ0v) is 12.4. The number of hydrogen-bond donors (Lipinski definition) is 4. The van der Waals surface area contributed by atoms with Crippen molar-refractivity contribution in [2.75, 3.05) is 5.73 Å². The minimum atomic E-state index is -1.12. The van der Waals surface area contributed by atoms with Crippen molar-refractivity contribution >= 4 is 33.5 Å². The van der Waals surface area contributed by atoms with Gasteiger partial charge in [0, 0.05) is 34.0 Å². The number of rotatable bonds is 5. The first-order valence-corrected chi connectivity index (χ1v) is 6.82. The molecular formula is C13H13BrN4O3. The monoisotopic (exact) mass is 352 g/mol. The van der Waals surface area contributed by atoms with Crippen LogP contribution < -0.4 is 11.1 Å². The zero-order valence-electron chi connectivity index (χ0n) is 10.8. The lowest BCUT2D eigenvalue weighted by atomic mass is 10.1. The Hall–Kier alpha value is -2.35. The number of nitrogens with two attached hydrogens (primary N) is 1. The van der Waals surface area contributed by atoms with E-state index in [9.17, 15) is 14.7 Å². The van der Waals surface area contributed by atoms with Crippen molar-refractivity contribution in [1.82, 2.24) is 15.3 Å². The van der Waals surface area contributed by atoms with Crippen LogP contribution in [0.1, 0.15) is 16.1 Å². The van der Waals surface area contributed by atoms with E-state index in [0.29, 0.717) is 15.9 Å². The first-order valence-electron chi connectivity index (χ1n) is 6.02. The molecule has 2 aromatic rings. The summed E-state index contributed by atoms with van der Waals surface area (Å²) in [5.41, 5.74) is 6.98. The molecule has 21 heavy (non-hydrogen) atoms. The van der Waals surface area contributed by atoms with E-state index in [0.717, 1.165) is 0 Å². The number of carboxylic acids is 1. The first kappa shape index (κ1) is 15.0. The number of H-pyrrole nitrogens is 1. The number of carbonyl (C=O) groups excluding carboxylic acids is 1. The van der Waals surface area contributed by atoms with Crippen molar-refractivity contribution < 1.29 is 14.7 Å². The van der Waals surface area contributed by atoms with E-state index in [-0.39, 0.29) is 12.0 Å². The molecule has 0 spiro atoms. The Bertz CT molecular complexity index is 637. The third-order valence-electron chi connectivity index (χ3n) is 2.76. The normalized spacial score (nSPS) is 11.9. The molecule has 1 atom stereocenters. The lowest BCUT2D eigenvalue weighted by molar-refractivity contribution is -0.139. The Balaban J connectivity index is 2.12. The molecule has 0 unspecified atom stereocenters. The SMILES string of the molecule is Nc1cc(Br)cc(C(=O)N[C@H](Cc2cnc[nH]2)C(=O)O)c1. The molecule has 0 saturated carbocycles. The maximum atomic E-state index is 12.1. The van der Waals surface area contributed by atoms with E-state index in [1.54, 1.807) is 12.1 Å². The van der Waals surface area contributed by atoms with Gasteiger partial charge in [0.1, 0.15) is 6.04 Å². The van der Waals surface area contributed by atoms with Gasteiger partial charge in [-0.05, 0) is 18.2 Å². The highest BCUT2D eigenvalue weighted by atomic mass is 79.9. The molecule has 0 aliphatic rings. The van der Waals surface area contributed by atoms with Crippen LogP contribution in [0.25, 0.3) is 0 Å². The van der Waals surface area contributed by atoms with Crippen molar-refractivity contribution in [2.24, 2.45) is 0 Å². The highest BCUT2D eigenvalue weighted by molar-refractivity contribution is 9.10. The van der Waals surface area contributed by atoms with Gasteiger partial charge in [-0.1, -0.05) is 15.9 Å². The number of amides is 1. The molecule has 2 rings (SSSR count). The van der Waals surface area contributed by atoms with Crippen LogP contribution in [0.15, 0.2) is 35.2 Å². The minimum absolute atomic E-state index is 0.116. The average Bonchev–Trinajstić information content (AvgIpc) is 2.89. The fraction of sp³-hybridized carbons (Fsp3) is 0.154. The number of carboxylic acid groups (broad SMARTS) is 1. The third kappa shape index (κ3) is 4.06. The molecule has 0 aliphatic carbocycles. The van der Waals surface area contributed by atoms with Gasteiger partial charge in [-0.15, -0.1) is 0 Å². The number of aromatic amines is 1. The Labute approximate surface area is 128 Å². The summed E-state index contributed by atoms with van der Waals surface area (Å²) in [5.74, 6) is -1.63. The minimum Gasteiger partial charge on any atom is -0.480 e. The second kappa shape index (κ2) is 6.40. The Morgan fingerprint density at radius 3 is 2.76 bits per heavy atom. The number of aromatic nitrogens is 2. The van der Waals surface area contributed by atoms with Gasteiger partial charge >= 0.3 is 5.97 Å². The van der Waals surface area contributed by atoms with Gasteiger partial charge in [-0.25, -0.2) is 9.78 Å². The van der Waals surface area contributed by atoms with Crippen molar-refractivity contribution in [1.29, 1.82) is 0 Å². The number of nitrogen functional groups attached to an aromatic ring is 1. The summed E-state index contributed by atoms with van der Waals surface area (Å²) in [6, 6.07) is 3.64. The molecule has 1 aromatic heterocycles. The quantitative estimate of drug-likeness (QED) is 0.602. The van der Waals surface area contributed by atoms with Gasteiger partial charge in [-0.2, -0.15) is 0 Å². The molecule has 1 heterocycles. The number of imidazole rings is 1. The van der Waals surface area contributed by atoms with Gasteiger partial charge in [0.2, 0.25) is 0 Å². The molecule has 8 heteroatoms. The number of carbonyl (C=O) groups is 2. The second-order valence-corrected chi connectivity index (χ2v) is 5.33. The maximum absolute atomic E-state index is 12.1. The molecular weight excluding hydrogens is 340 g/mol. The number of anilines is 1. The Morgan fingerprint density at radius 2 is 2.19 bits per heavy atom. The molecule has 0 bridgehead atoms. The van der Waals surface area contributed by atoms with Gasteiger partial charge in [0.05, 0.1) is 6.33 Å². The summed E-state index contributed by atoms with van der Waals surface area (Å²) >= 11 is 3.24.